The summed E-state index contributed by atoms with van der Waals surface area (Å²) in [6.07, 6.45) is 5.49. The van der Waals surface area contributed by atoms with Crippen LogP contribution < -0.4 is 0 Å². The Morgan fingerprint density at radius 1 is 1.25 bits per heavy atom. The smallest absolute Gasteiger partial charge is 0.127 e. The van der Waals surface area contributed by atoms with Crippen LogP contribution in [0.2, 0.25) is 0 Å². The molecule has 0 aliphatic carbocycles. The first-order valence-electron chi connectivity index (χ1n) is 8.59. The second kappa shape index (κ2) is 7.81. The lowest BCUT2D eigenvalue weighted by atomic mass is 9.88. The number of piperidine rings is 1. The molecular formula is C19H24FN3O. The third-order valence-corrected chi connectivity index (χ3v) is 4.70. The number of aromatic nitrogens is 2. The van der Waals surface area contributed by atoms with Crippen molar-refractivity contribution >= 4 is 0 Å². The largest absolute Gasteiger partial charge is 0.393 e. The monoisotopic (exact) mass is 329 g/mol. The van der Waals surface area contributed by atoms with Gasteiger partial charge in [-0.3, -0.25) is 4.90 Å². The standard InChI is InChI=1S/C19H24FN3O/c1-2-19-21-10-14(11-22-19)12-23-8-7-18(24)16(13-23)9-15-5-3-4-6-17(15)20/h3-6,10-11,16,18,24H,2,7-9,12-13H2,1H3/t16-,18+/m1/s1. The highest BCUT2D eigenvalue weighted by Crippen LogP contribution is 2.23. The van der Waals surface area contributed by atoms with Crippen LogP contribution in [0.3, 0.4) is 0 Å². The quantitative estimate of drug-likeness (QED) is 0.916. The molecule has 0 unspecified atom stereocenters. The predicted molar refractivity (Wildman–Crippen MR) is 90.9 cm³/mol. The van der Waals surface area contributed by atoms with Gasteiger partial charge in [-0.25, -0.2) is 14.4 Å². The van der Waals surface area contributed by atoms with Gasteiger partial charge in [0.25, 0.3) is 0 Å². The zero-order valence-electron chi connectivity index (χ0n) is 14.0. The third-order valence-electron chi connectivity index (χ3n) is 4.70. The minimum atomic E-state index is -0.375. The van der Waals surface area contributed by atoms with E-state index in [1.54, 1.807) is 12.1 Å². The normalized spacial score (nSPS) is 21.8. The second-order valence-electron chi connectivity index (χ2n) is 6.51. The molecule has 1 fully saturated rings. The molecule has 0 bridgehead atoms. The highest BCUT2D eigenvalue weighted by atomic mass is 19.1. The lowest BCUT2D eigenvalue weighted by Crippen LogP contribution is -2.43. The van der Waals surface area contributed by atoms with E-state index in [0.717, 1.165) is 37.4 Å². The van der Waals surface area contributed by atoms with Crippen molar-refractivity contribution in [3.05, 3.63) is 59.4 Å². The van der Waals surface area contributed by atoms with E-state index < -0.39 is 0 Å². The van der Waals surface area contributed by atoms with Gasteiger partial charge in [0, 0.05) is 49.9 Å². The molecule has 1 aliphatic rings. The molecule has 0 saturated carbocycles. The van der Waals surface area contributed by atoms with Crippen molar-refractivity contribution in [1.82, 2.24) is 14.9 Å². The zero-order valence-corrected chi connectivity index (χ0v) is 14.0. The fourth-order valence-corrected chi connectivity index (χ4v) is 3.29. The first-order chi connectivity index (χ1) is 11.7. The first-order valence-corrected chi connectivity index (χ1v) is 8.59. The minimum absolute atomic E-state index is 0.0477. The van der Waals surface area contributed by atoms with E-state index in [2.05, 4.69) is 14.9 Å². The van der Waals surface area contributed by atoms with Crippen molar-refractivity contribution in [2.75, 3.05) is 13.1 Å². The zero-order chi connectivity index (χ0) is 16.9. The number of likely N-dealkylation sites (tertiary alicyclic amines) is 1. The molecule has 0 radical (unpaired) electrons. The molecule has 0 amide bonds. The average molecular weight is 329 g/mol. The van der Waals surface area contributed by atoms with Gasteiger partial charge in [0.05, 0.1) is 6.10 Å². The van der Waals surface area contributed by atoms with Crippen molar-refractivity contribution in [2.45, 2.75) is 38.8 Å². The van der Waals surface area contributed by atoms with Gasteiger partial charge in [-0.05, 0) is 24.5 Å². The SMILES string of the molecule is CCc1ncc(CN2CC[C@H](O)[C@H](Cc3ccccc3F)C2)cn1. The average Bonchev–Trinajstić information content (AvgIpc) is 2.60. The topological polar surface area (TPSA) is 49.2 Å². The van der Waals surface area contributed by atoms with Gasteiger partial charge in [-0.1, -0.05) is 25.1 Å². The third kappa shape index (κ3) is 4.16. The number of benzene rings is 1. The van der Waals surface area contributed by atoms with Crippen LogP contribution in [-0.4, -0.2) is 39.2 Å². The summed E-state index contributed by atoms with van der Waals surface area (Å²) in [5.74, 6) is 0.710. The molecule has 3 rings (SSSR count). The molecule has 2 aromatic rings. The molecule has 2 atom stereocenters. The number of nitrogens with zero attached hydrogens (tertiary/aromatic N) is 3. The number of aliphatic hydroxyl groups is 1. The summed E-state index contributed by atoms with van der Waals surface area (Å²) in [5.41, 5.74) is 1.76. The number of rotatable bonds is 5. The predicted octanol–water partition coefficient (Wildman–Crippen LogP) is 2.60. The molecule has 1 aromatic carbocycles. The number of halogens is 1. The maximum atomic E-state index is 13.9. The number of hydrogen-bond donors (Lipinski definition) is 1. The lowest BCUT2D eigenvalue weighted by Gasteiger charge is -2.36. The maximum absolute atomic E-state index is 13.9. The molecular weight excluding hydrogens is 305 g/mol. The molecule has 24 heavy (non-hydrogen) atoms. The molecule has 1 N–H and O–H groups in total. The summed E-state index contributed by atoms with van der Waals surface area (Å²) in [5, 5.41) is 10.3. The van der Waals surface area contributed by atoms with Crippen LogP contribution in [0.1, 0.15) is 30.3 Å². The number of aliphatic hydroxyl groups excluding tert-OH is 1. The summed E-state index contributed by atoms with van der Waals surface area (Å²) in [7, 11) is 0. The van der Waals surface area contributed by atoms with Gasteiger partial charge >= 0.3 is 0 Å². The Morgan fingerprint density at radius 2 is 2.00 bits per heavy atom. The van der Waals surface area contributed by atoms with Crippen molar-refractivity contribution in [1.29, 1.82) is 0 Å². The Hall–Kier alpha value is -1.85. The van der Waals surface area contributed by atoms with E-state index >= 15 is 0 Å². The van der Waals surface area contributed by atoms with E-state index in [1.165, 1.54) is 6.07 Å². The summed E-state index contributed by atoms with van der Waals surface area (Å²) in [6.45, 7) is 4.40. The number of aryl methyl sites for hydroxylation is 1. The molecule has 1 aromatic heterocycles. The van der Waals surface area contributed by atoms with Gasteiger partial charge in [-0.15, -0.1) is 0 Å². The number of hydrogen-bond acceptors (Lipinski definition) is 4. The van der Waals surface area contributed by atoms with Gasteiger partial charge in [-0.2, -0.15) is 0 Å². The van der Waals surface area contributed by atoms with E-state index in [0.29, 0.717) is 18.4 Å². The molecule has 4 nitrogen and oxygen atoms in total. The van der Waals surface area contributed by atoms with Crippen molar-refractivity contribution < 1.29 is 9.50 Å². The van der Waals surface area contributed by atoms with Crippen LogP contribution in [0.15, 0.2) is 36.7 Å². The molecule has 5 heteroatoms. The first kappa shape index (κ1) is 17.0. The van der Waals surface area contributed by atoms with Crippen LogP contribution in [0.5, 0.6) is 0 Å². The summed E-state index contributed by atoms with van der Waals surface area (Å²) in [6, 6.07) is 6.83. The Labute approximate surface area is 142 Å². The Bertz CT molecular complexity index is 662. The van der Waals surface area contributed by atoms with Crippen LogP contribution in [0, 0.1) is 11.7 Å². The van der Waals surface area contributed by atoms with Crippen LogP contribution in [0.4, 0.5) is 4.39 Å². The molecule has 2 heterocycles. The van der Waals surface area contributed by atoms with E-state index in [9.17, 15) is 9.50 Å². The minimum Gasteiger partial charge on any atom is -0.393 e. The molecule has 1 aliphatic heterocycles. The van der Waals surface area contributed by atoms with Gasteiger partial charge < -0.3 is 5.11 Å². The highest BCUT2D eigenvalue weighted by Gasteiger charge is 2.28. The van der Waals surface area contributed by atoms with Crippen LogP contribution in [-0.2, 0) is 19.4 Å². The highest BCUT2D eigenvalue weighted by molar-refractivity contribution is 5.18. The fourth-order valence-electron chi connectivity index (χ4n) is 3.29. The summed E-state index contributed by atoms with van der Waals surface area (Å²) in [4.78, 5) is 11.0. The Morgan fingerprint density at radius 3 is 2.71 bits per heavy atom. The van der Waals surface area contributed by atoms with Crippen LogP contribution in [0.25, 0.3) is 0 Å². The van der Waals surface area contributed by atoms with Crippen molar-refractivity contribution in [2.24, 2.45) is 5.92 Å². The van der Waals surface area contributed by atoms with Crippen LogP contribution >= 0.6 is 0 Å². The molecule has 128 valence electrons. The maximum Gasteiger partial charge on any atom is 0.127 e. The van der Waals surface area contributed by atoms with Crippen molar-refractivity contribution in [3.63, 3.8) is 0 Å². The Balaban J connectivity index is 1.63. The fraction of sp³-hybridized carbons (Fsp3) is 0.474. The molecule has 1 saturated heterocycles. The van der Waals surface area contributed by atoms with Crippen molar-refractivity contribution in [3.8, 4) is 0 Å². The molecule has 0 spiro atoms. The van der Waals surface area contributed by atoms with Gasteiger partial charge in [0.2, 0.25) is 0 Å². The van der Waals surface area contributed by atoms with E-state index in [1.807, 2.05) is 25.4 Å². The van der Waals surface area contributed by atoms with E-state index in [4.69, 9.17) is 0 Å². The van der Waals surface area contributed by atoms with E-state index in [-0.39, 0.29) is 17.8 Å². The van der Waals surface area contributed by atoms with Gasteiger partial charge in [0.15, 0.2) is 0 Å². The Kier molecular flexibility index (Phi) is 5.53. The second-order valence-corrected chi connectivity index (χ2v) is 6.51. The van der Waals surface area contributed by atoms with Gasteiger partial charge in [0.1, 0.15) is 11.6 Å². The summed E-state index contributed by atoms with van der Waals surface area (Å²) < 4.78 is 13.9. The summed E-state index contributed by atoms with van der Waals surface area (Å²) >= 11 is 0. The lowest BCUT2D eigenvalue weighted by molar-refractivity contribution is 0.0235.